The van der Waals surface area contributed by atoms with E-state index in [1.165, 1.54) is 19.3 Å². The summed E-state index contributed by atoms with van der Waals surface area (Å²) in [7, 11) is 0. The number of amides is 1. The third kappa shape index (κ3) is 5.40. The Balaban J connectivity index is 1.68. The Labute approximate surface area is 196 Å². The van der Waals surface area contributed by atoms with Crippen LogP contribution in [0.1, 0.15) is 55.6 Å². The minimum absolute atomic E-state index is 0.109. The lowest BCUT2D eigenvalue weighted by Crippen LogP contribution is -2.36. The molecule has 1 aliphatic carbocycles. The molecular weight excluding hydrogens is 455 g/mol. The Morgan fingerprint density at radius 3 is 2.23 bits per heavy atom. The number of hydrogen-bond acceptors (Lipinski definition) is 3. The number of hydrogen-bond donors (Lipinski definition) is 1. The Bertz CT molecular complexity index is 1060. The lowest BCUT2D eigenvalue weighted by Gasteiger charge is -2.20. The summed E-state index contributed by atoms with van der Waals surface area (Å²) < 4.78 is 1.61. The third-order valence-corrected chi connectivity index (χ3v) is 6.29. The lowest BCUT2D eigenvalue weighted by atomic mass is 9.97. The molecule has 3 aromatic rings. The molecule has 5 nitrogen and oxygen atoms in total. The average molecular weight is 478 g/mol. The van der Waals surface area contributed by atoms with Crippen LogP contribution in [0.15, 0.2) is 42.5 Å². The number of nitrogens with one attached hydrogen (secondary N) is 1. The minimum atomic E-state index is -0.273. The van der Waals surface area contributed by atoms with Crippen LogP contribution in [0.2, 0.25) is 15.1 Å². The summed E-state index contributed by atoms with van der Waals surface area (Å²) in [5.74, 6) is 0.300. The van der Waals surface area contributed by atoms with Gasteiger partial charge in [0, 0.05) is 21.7 Å². The molecule has 0 saturated heterocycles. The first-order chi connectivity index (χ1) is 15.0. The second-order valence-electron chi connectivity index (χ2n) is 7.79. The summed E-state index contributed by atoms with van der Waals surface area (Å²) in [5, 5.41) is 9.21. The van der Waals surface area contributed by atoms with Crippen molar-refractivity contribution in [2.24, 2.45) is 0 Å². The molecule has 1 fully saturated rings. The van der Waals surface area contributed by atoms with Crippen LogP contribution >= 0.6 is 34.8 Å². The SMILES string of the molecule is O=C(NC1CCCCCCC1)c1nc(-c2ccc(Cl)cc2Cl)n(-c2ccc(Cl)cc2)n1. The zero-order chi connectivity index (χ0) is 21.8. The van der Waals surface area contributed by atoms with Gasteiger partial charge in [-0.15, -0.1) is 5.10 Å². The minimum Gasteiger partial charge on any atom is -0.347 e. The summed E-state index contributed by atoms with van der Waals surface area (Å²) in [6.07, 6.45) is 7.94. The Hall–Kier alpha value is -2.08. The number of benzene rings is 2. The van der Waals surface area contributed by atoms with E-state index in [1.807, 2.05) is 12.1 Å². The lowest BCUT2D eigenvalue weighted by molar-refractivity contribution is 0.0920. The van der Waals surface area contributed by atoms with Crippen LogP contribution < -0.4 is 5.32 Å². The van der Waals surface area contributed by atoms with Crippen molar-refractivity contribution >= 4 is 40.7 Å². The number of rotatable bonds is 4. The number of halogens is 3. The van der Waals surface area contributed by atoms with Crippen LogP contribution in [0, 0.1) is 0 Å². The molecule has 1 heterocycles. The highest BCUT2D eigenvalue weighted by Gasteiger charge is 2.23. The molecular formula is C23H23Cl3N4O. The van der Waals surface area contributed by atoms with Crippen LogP contribution in [-0.2, 0) is 0 Å². The zero-order valence-corrected chi connectivity index (χ0v) is 19.2. The van der Waals surface area contributed by atoms with Crippen molar-refractivity contribution in [3.05, 3.63) is 63.4 Å². The second-order valence-corrected chi connectivity index (χ2v) is 9.07. The maximum Gasteiger partial charge on any atom is 0.291 e. The normalized spacial score (nSPS) is 15.3. The molecule has 1 N–H and O–H groups in total. The number of carbonyl (C=O) groups is 1. The predicted octanol–water partition coefficient (Wildman–Crippen LogP) is 6.74. The van der Waals surface area contributed by atoms with Crippen molar-refractivity contribution < 1.29 is 4.79 Å². The van der Waals surface area contributed by atoms with Gasteiger partial charge in [-0.25, -0.2) is 9.67 Å². The molecule has 1 aliphatic rings. The van der Waals surface area contributed by atoms with E-state index in [-0.39, 0.29) is 17.8 Å². The van der Waals surface area contributed by atoms with Gasteiger partial charge in [0.25, 0.3) is 5.91 Å². The molecule has 1 aromatic heterocycles. The highest BCUT2D eigenvalue weighted by molar-refractivity contribution is 6.36. The predicted molar refractivity (Wildman–Crippen MR) is 125 cm³/mol. The first-order valence-electron chi connectivity index (χ1n) is 10.5. The van der Waals surface area contributed by atoms with E-state index in [2.05, 4.69) is 15.4 Å². The number of nitrogens with zero attached hydrogens (tertiary/aromatic N) is 3. The van der Waals surface area contributed by atoms with Gasteiger partial charge >= 0.3 is 0 Å². The second kappa shape index (κ2) is 10.0. The maximum absolute atomic E-state index is 13.0. The number of carbonyl (C=O) groups excluding carboxylic acids is 1. The Kier molecular flexibility index (Phi) is 7.16. The van der Waals surface area contributed by atoms with E-state index in [9.17, 15) is 4.79 Å². The summed E-state index contributed by atoms with van der Waals surface area (Å²) in [4.78, 5) is 17.6. The van der Waals surface area contributed by atoms with Gasteiger partial charge in [0.05, 0.1) is 10.7 Å². The number of aromatic nitrogens is 3. The van der Waals surface area contributed by atoms with Gasteiger partial charge in [-0.2, -0.15) is 0 Å². The summed E-state index contributed by atoms with van der Waals surface area (Å²) in [6, 6.07) is 12.5. The molecule has 4 rings (SSSR count). The van der Waals surface area contributed by atoms with Crippen molar-refractivity contribution in [1.29, 1.82) is 0 Å². The topological polar surface area (TPSA) is 59.8 Å². The van der Waals surface area contributed by atoms with Crippen LogP contribution in [0.3, 0.4) is 0 Å². The van der Waals surface area contributed by atoms with E-state index >= 15 is 0 Å². The summed E-state index contributed by atoms with van der Waals surface area (Å²) in [6.45, 7) is 0. The standard InChI is InChI=1S/C23H23Cl3N4O/c24-15-8-11-18(12-9-15)30-22(19-13-10-16(25)14-20(19)26)28-21(29-30)23(31)27-17-6-4-2-1-3-5-7-17/h8-14,17H,1-7H2,(H,27,31). The highest BCUT2D eigenvalue weighted by Crippen LogP contribution is 2.31. The van der Waals surface area contributed by atoms with Gasteiger partial charge < -0.3 is 5.32 Å². The van der Waals surface area contributed by atoms with Gasteiger partial charge in [-0.1, -0.05) is 66.9 Å². The van der Waals surface area contributed by atoms with Gasteiger partial charge in [0.2, 0.25) is 5.82 Å². The van der Waals surface area contributed by atoms with E-state index < -0.39 is 0 Å². The quantitative estimate of drug-likeness (QED) is 0.453. The fourth-order valence-corrected chi connectivity index (χ4v) is 4.49. The molecule has 0 aliphatic heterocycles. The molecule has 0 radical (unpaired) electrons. The fraction of sp³-hybridized carbons (Fsp3) is 0.348. The molecule has 162 valence electrons. The third-order valence-electron chi connectivity index (χ3n) is 5.49. The Morgan fingerprint density at radius 1 is 0.903 bits per heavy atom. The van der Waals surface area contributed by atoms with Crippen molar-refractivity contribution in [2.45, 2.75) is 51.0 Å². The van der Waals surface area contributed by atoms with Crippen LogP contribution in [-0.4, -0.2) is 26.7 Å². The van der Waals surface area contributed by atoms with Gasteiger partial charge in [-0.3, -0.25) is 4.79 Å². The van der Waals surface area contributed by atoms with E-state index in [4.69, 9.17) is 34.8 Å². The van der Waals surface area contributed by atoms with Crippen LogP contribution in [0.25, 0.3) is 17.1 Å². The smallest absolute Gasteiger partial charge is 0.291 e. The van der Waals surface area contributed by atoms with Crippen molar-refractivity contribution in [3.63, 3.8) is 0 Å². The maximum atomic E-state index is 13.0. The molecule has 0 bridgehead atoms. The fourth-order valence-electron chi connectivity index (χ4n) is 3.87. The van der Waals surface area contributed by atoms with E-state index in [1.54, 1.807) is 35.0 Å². The monoisotopic (exact) mass is 476 g/mol. The van der Waals surface area contributed by atoms with Crippen LogP contribution in [0.4, 0.5) is 0 Å². The molecule has 1 saturated carbocycles. The molecule has 8 heteroatoms. The average Bonchev–Trinajstić information content (AvgIpc) is 3.15. The molecule has 0 atom stereocenters. The molecule has 31 heavy (non-hydrogen) atoms. The molecule has 0 unspecified atom stereocenters. The first-order valence-corrected chi connectivity index (χ1v) is 11.6. The first kappa shape index (κ1) is 22.1. The van der Waals surface area contributed by atoms with E-state index in [0.29, 0.717) is 26.5 Å². The highest BCUT2D eigenvalue weighted by atomic mass is 35.5. The Morgan fingerprint density at radius 2 is 1.55 bits per heavy atom. The largest absolute Gasteiger partial charge is 0.347 e. The van der Waals surface area contributed by atoms with Crippen LogP contribution in [0.5, 0.6) is 0 Å². The zero-order valence-electron chi connectivity index (χ0n) is 17.0. The van der Waals surface area contributed by atoms with Gasteiger partial charge in [0.1, 0.15) is 0 Å². The molecule has 1 amide bonds. The van der Waals surface area contributed by atoms with Crippen molar-refractivity contribution in [2.75, 3.05) is 0 Å². The van der Waals surface area contributed by atoms with Gasteiger partial charge in [0.15, 0.2) is 5.82 Å². The summed E-state index contributed by atoms with van der Waals surface area (Å²) >= 11 is 18.5. The van der Waals surface area contributed by atoms with Crippen molar-refractivity contribution in [1.82, 2.24) is 20.1 Å². The van der Waals surface area contributed by atoms with Crippen molar-refractivity contribution in [3.8, 4) is 17.1 Å². The molecule has 2 aromatic carbocycles. The summed E-state index contributed by atoms with van der Waals surface area (Å²) in [5.41, 5.74) is 1.36. The van der Waals surface area contributed by atoms with E-state index in [0.717, 1.165) is 31.4 Å². The van der Waals surface area contributed by atoms with Gasteiger partial charge in [-0.05, 0) is 55.3 Å². The molecule has 0 spiro atoms.